The maximum absolute atomic E-state index is 12.2. The average Bonchev–Trinajstić information content (AvgIpc) is 3.24. The molecule has 0 aliphatic heterocycles. The molecule has 0 unspecified atom stereocenters. The third kappa shape index (κ3) is 6.28. The zero-order chi connectivity index (χ0) is 21.3. The van der Waals surface area contributed by atoms with Gasteiger partial charge in [-0.05, 0) is 29.8 Å². The molecular formula is C20H21N3O4S3. The molecule has 0 saturated heterocycles. The van der Waals surface area contributed by atoms with E-state index in [1.54, 1.807) is 51.3 Å². The summed E-state index contributed by atoms with van der Waals surface area (Å²) in [7, 11) is 4.77. The summed E-state index contributed by atoms with van der Waals surface area (Å²) in [4.78, 5) is 12.2. The van der Waals surface area contributed by atoms with Crippen LogP contribution in [0.5, 0.6) is 17.2 Å². The Labute approximate surface area is 187 Å². The van der Waals surface area contributed by atoms with Gasteiger partial charge in [-0.15, -0.1) is 10.2 Å². The molecule has 0 aliphatic carbocycles. The molecule has 30 heavy (non-hydrogen) atoms. The fraction of sp³-hybridized carbons (Fsp3) is 0.250. The second-order valence-electron chi connectivity index (χ2n) is 5.88. The highest BCUT2D eigenvalue weighted by Gasteiger charge is 2.11. The van der Waals surface area contributed by atoms with Gasteiger partial charge in [0.25, 0.3) is 0 Å². The first-order valence-electron chi connectivity index (χ1n) is 8.85. The first-order chi connectivity index (χ1) is 14.6. The van der Waals surface area contributed by atoms with E-state index < -0.39 is 0 Å². The van der Waals surface area contributed by atoms with Gasteiger partial charge in [0.2, 0.25) is 5.91 Å². The summed E-state index contributed by atoms with van der Waals surface area (Å²) >= 11 is 4.46. The third-order valence-corrected chi connectivity index (χ3v) is 7.16. The van der Waals surface area contributed by atoms with Gasteiger partial charge >= 0.3 is 0 Å². The molecule has 0 fully saturated rings. The number of benzene rings is 2. The summed E-state index contributed by atoms with van der Waals surface area (Å²) in [6.07, 6.45) is 0. The lowest BCUT2D eigenvalue weighted by Gasteiger charge is -2.10. The standard InChI is InChI=1S/C20H21N3O4S3/c1-25-15-7-4-13(5-8-15)11-28-19-22-23-20(30-19)29-12-18(24)21-14-6-9-16(26-2)17(10-14)27-3/h4-10H,11-12H2,1-3H3,(H,21,24). The van der Waals surface area contributed by atoms with Crippen LogP contribution in [0.4, 0.5) is 5.69 Å². The number of carbonyl (C=O) groups excluding carboxylic acids is 1. The van der Waals surface area contributed by atoms with E-state index in [0.717, 1.165) is 20.2 Å². The number of thioether (sulfide) groups is 2. The minimum absolute atomic E-state index is 0.130. The lowest BCUT2D eigenvalue weighted by Crippen LogP contribution is -2.14. The van der Waals surface area contributed by atoms with Gasteiger partial charge < -0.3 is 19.5 Å². The zero-order valence-electron chi connectivity index (χ0n) is 16.7. The molecular weight excluding hydrogens is 442 g/mol. The SMILES string of the molecule is COc1ccc(CSc2nnc(SCC(=O)Nc3ccc(OC)c(OC)c3)s2)cc1. The van der Waals surface area contributed by atoms with Crippen molar-refractivity contribution < 1.29 is 19.0 Å². The van der Waals surface area contributed by atoms with Crippen LogP contribution in [0.15, 0.2) is 51.1 Å². The number of nitrogens with zero attached hydrogens (tertiary/aromatic N) is 2. The molecule has 10 heteroatoms. The van der Waals surface area contributed by atoms with Crippen LogP contribution < -0.4 is 19.5 Å². The summed E-state index contributed by atoms with van der Waals surface area (Å²) < 4.78 is 17.2. The average molecular weight is 464 g/mol. The molecule has 0 aliphatic rings. The highest BCUT2D eigenvalue weighted by molar-refractivity contribution is 8.03. The summed E-state index contributed by atoms with van der Waals surface area (Å²) in [5, 5.41) is 11.2. The van der Waals surface area contributed by atoms with Gasteiger partial charge in [-0.3, -0.25) is 4.79 Å². The summed E-state index contributed by atoms with van der Waals surface area (Å²) in [6.45, 7) is 0. The van der Waals surface area contributed by atoms with Gasteiger partial charge in [0.05, 0.1) is 27.1 Å². The van der Waals surface area contributed by atoms with Crippen molar-refractivity contribution >= 4 is 46.5 Å². The Morgan fingerprint density at radius 2 is 1.63 bits per heavy atom. The maximum Gasteiger partial charge on any atom is 0.234 e. The van der Waals surface area contributed by atoms with Crippen molar-refractivity contribution in [3.8, 4) is 17.2 Å². The molecule has 7 nitrogen and oxygen atoms in total. The Hall–Kier alpha value is -2.43. The lowest BCUT2D eigenvalue weighted by atomic mass is 10.2. The molecule has 1 N–H and O–H groups in total. The summed E-state index contributed by atoms with van der Waals surface area (Å²) in [5.74, 6) is 2.92. The van der Waals surface area contributed by atoms with Crippen molar-refractivity contribution in [3.05, 3.63) is 48.0 Å². The molecule has 3 aromatic rings. The number of carbonyl (C=O) groups is 1. The highest BCUT2D eigenvalue weighted by Crippen LogP contribution is 2.32. The number of methoxy groups -OCH3 is 3. The summed E-state index contributed by atoms with van der Waals surface area (Å²) in [6, 6.07) is 13.2. The molecule has 0 saturated carbocycles. The van der Waals surface area contributed by atoms with E-state index in [-0.39, 0.29) is 11.7 Å². The van der Waals surface area contributed by atoms with Crippen LogP contribution in [0.3, 0.4) is 0 Å². The Balaban J connectivity index is 1.47. The Bertz CT molecular complexity index is 980. The Morgan fingerprint density at radius 3 is 2.30 bits per heavy atom. The predicted octanol–water partition coefficient (Wildman–Crippen LogP) is 4.59. The van der Waals surface area contributed by atoms with Crippen LogP contribution in [0.2, 0.25) is 0 Å². The van der Waals surface area contributed by atoms with Crippen molar-refractivity contribution in [3.63, 3.8) is 0 Å². The van der Waals surface area contributed by atoms with Crippen LogP contribution in [0.1, 0.15) is 5.56 Å². The number of anilines is 1. The summed E-state index contributed by atoms with van der Waals surface area (Å²) in [5.41, 5.74) is 1.82. The first-order valence-corrected chi connectivity index (χ1v) is 11.6. The molecule has 0 atom stereocenters. The molecule has 1 aromatic heterocycles. The van der Waals surface area contributed by atoms with E-state index in [1.165, 1.54) is 28.7 Å². The molecule has 0 radical (unpaired) electrons. The van der Waals surface area contributed by atoms with E-state index in [9.17, 15) is 4.79 Å². The number of aromatic nitrogens is 2. The monoisotopic (exact) mass is 463 g/mol. The van der Waals surface area contributed by atoms with Gasteiger partial charge in [-0.2, -0.15) is 0 Å². The minimum Gasteiger partial charge on any atom is -0.497 e. The Morgan fingerprint density at radius 1 is 0.933 bits per heavy atom. The van der Waals surface area contributed by atoms with Crippen molar-refractivity contribution in [2.45, 2.75) is 14.4 Å². The number of amides is 1. The highest BCUT2D eigenvalue weighted by atomic mass is 32.2. The van der Waals surface area contributed by atoms with Gasteiger partial charge in [0, 0.05) is 17.5 Å². The van der Waals surface area contributed by atoms with Crippen LogP contribution in [-0.2, 0) is 10.5 Å². The normalized spacial score (nSPS) is 10.5. The fourth-order valence-electron chi connectivity index (χ4n) is 2.42. The number of hydrogen-bond donors (Lipinski definition) is 1. The molecule has 3 rings (SSSR count). The van der Waals surface area contributed by atoms with Crippen LogP contribution in [0, 0.1) is 0 Å². The number of ether oxygens (including phenoxy) is 3. The van der Waals surface area contributed by atoms with Crippen molar-refractivity contribution in [2.75, 3.05) is 32.4 Å². The van der Waals surface area contributed by atoms with Crippen LogP contribution >= 0.6 is 34.9 Å². The van der Waals surface area contributed by atoms with E-state index in [2.05, 4.69) is 15.5 Å². The van der Waals surface area contributed by atoms with Crippen LogP contribution in [-0.4, -0.2) is 43.2 Å². The molecule has 0 bridgehead atoms. The number of nitrogens with one attached hydrogen (secondary N) is 1. The van der Waals surface area contributed by atoms with Crippen molar-refractivity contribution in [1.82, 2.24) is 10.2 Å². The second kappa shape index (κ2) is 11.1. The van der Waals surface area contributed by atoms with Gasteiger partial charge in [-0.25, -0.2) is 0 Å². The van der Waals surface area contributed by atoms with E-state index >= 15 is 0 Å². The molecule has 1 amide bonds. The van der Waals surface area contributed by atoms with E-state index in [1.807, 2.05) is 24.3 Å². The quantitative estimate of drug-likeness (QED) is 0.437. The fourth-order valence-corrected chi connectivity index (χ4v) is 5.19. The van der Waals surface area contributed by atoms with Gasteiger partial charge in [-0.1, -0.05) is 47.0 Å². The van der Waals surface area contributed by atoms with Gasteiger partial charge in [0.1, 0.15) is 5.75 Å². The smallest absolute Gasteiger partial charge is 0.234 e. The largest absolute Gasteiger partial charge is 0.497 e. The lowest BCUT2D eigenvalue weighted by molar-refractivity contribution is -0.113. The second-order valence-corrected chi connectivity index (χ2v) is 9.30. The molecule has 1 heterocycles. The maximum atomic E-state index is 12.2. The number of rotatable bonds is 10. The molecule has 158 valence electrons. The van der Waals surface area contributed by atoms with Gasteiger partial charge in [0.15, 0.2) is 20.2 Å². The zero-order valence-corrected chi connectivity index (χ0v) is 19.2. The molecule has 0 spiro atoms. The Kier molecular flexibility index (Phi) is 8.23. The van der Waals surface area contributed by atoms with E-state index in [0.29, 0.717) is 17.2 Å². The van der Waals surface area contributed by atoms with Crippen LogP contribution in [0.25, 0.3) is 0 Å². The van der Waals surface area contributed by atoms with E-state index in [4.69, 9.17) is 14.2 Å². The number of hydrogen-bond acceptors (Lipinski definition) is 9. The first kappa shape index (κ1) is 22.3. The minimum atomic E-state index is -0.130. The third-order valence-electron chi connectivity index (χ3n) is 3.90. The topological polar surface area (TPSA) is 82.6 Å². The van der Waals surface area contributed by atoms with Crippen molar-refractivity contribution in [2.24, 2.45) is 0 Å². The predicted molar refractivity (Wildman–Crippen MR) is 121 cm³/mol. The molecule has 2 aromatic carbocycles. The van der Waals surface area contributed by atoms with Crippen molar-refractivity contribution in [1.29, 1.82) is 0 Å².